The monoisotopic (exact) mass is 221 g/mol. The van der Waals surface area contributed by atoms with Crippen LogP contribution in [0.5, 0.6) is 5.75 Å². The number of nitrogens with one attached hydrogen (secondary N) is 1. The lowest BCUT2D eigenvalue weighted by atomic mass is 10.1. The van der Waals surface area contributed by atoms with E-state index in [2.05, 4.69) is 9.97 Å². The zero-order chi connectivity index (χ0) is 11.5. The van der Waals surface area contributed by atoms with E-state index in [1.807, 2.05) is 0 Å². The summed E-state index contributed by atoms with van der Waals surface area (Å²) in [5.41, 5.74) is 6.77. The smallest absolute Gasteiger partial charge is 0.128 e. The number of hydrogen-bond acceptors (Lipinski definition) is 3. The zero-order valence-corrected chi connectivity index (χ0v) is 8.83. The van der Waals surface area contributed by atoms with Gasteiger partial charge in [-0.3, -0.25) is 0 Å². The number of H-pyrrole nitrogens is 1. The molecule has 2 rings (SSSR count). The van der Waals surface area contributed by atoms with Gasteiger partial charge in [-0.15, -0.1) is 0 Å². The number of halogens is 1. The van der Waals surface area contributed by atoms with E-state index in [9.17, 15) is 4.39 Å². The first-order valence-corrected chi connectivity index (χ1v) is 4.82. The number of ether oxygens (including phenoxy) is 1. The highest BCUT2D eigenvalue weighted by Crippen LogP contribution is 2.29. The molecule has 4 nitrogen and oxygen atoms in total. The number of methoxy groups -OCH3 is 1. The molecule has 1 heterocycles. The fourth-order valence-corrected chi connectivity index (χ4v) is 1.49. The van der Waals surface area contributed by atoms with E-state index in [-0.39, 0.29) is 5.82 Å². The molecule has 0 unspecified atom stereocenters. The Labute approximate surface area is 92.3 Å². The molecule has 0 aliphatic rings. The molecule has 0 amide bonds. The number of imidazole rings is 1. The lowest BCUT2D eigenvalue weighted by Gasteiger charge is -2.06. The fraction of sp³-hybridized carbons (Fsp3) is 0.182. The van der Waals surface area contributed by atoms with Crippen LogP contribution in [0, 0.1) is 5.82 Å². The van der Waals surface area contributed by atoms with Crippen molar-refractivity contribution in [2.45, 2.75) is 6.54 Å². The van der Waals surface area contributed by atoms with Gasteiger partial charge >= 0.3 is 0 Å². The van der Waals surface area contributed by atoms with Crippen molar-refractivity contribution < 1.29 is 9.13 Å². The quantitative estimate of drug-likeness (QED) is 0.828. The molecule has 1 aromatic heterocycles. The van der Waals surface area contributed by atoms with Crippen LogP contribution < -0.4 is 10.5 Å². The lowest BCUT2D eigenvalue weighted by molar-refractivity contribution is 0.415. The second kappa shape index (κ2) is 4.32. The van der Waals surface area contributed by atoms with Gasteiger partial charge in [-0.05, 0) is 18.2 Å². The van der Waals surface area contributed by atoms with Crippen molar-refractivity contribution in [2.75, 3.05) is 7.11 Å². The van der Waals surface area contributed by atoms with Gasteiger partial charge in [0.25, 0.3) is 0 Å². The number of benzene rings is 1. The number of aromatic amines is 1. The summed E-state index contributed by atoms with van der Waals surface area (Å²) in [6, 6.07) is 4.32. The standard InChI is InChI=1S/C11H12FN3O/c1-16-10-3-2-7(12)4-8(10)9-6-14-11(5-13)15-9/h2-4,6H,5,13H2,1H3,(H,14,15). The van der Waals surface area contributed by atoms with Gasteiger partial charge in [-0.2, -0.15) is 0 Å². The van der Waals surface area contributed by atoms with Gasteiger partial charge in [-0.1, -0.05) is 0 Å². The van der Waals surface area contributed by atoms with Crippen LogP contribution in [-0.2, 0) is 6.54 Å². The Bertz CT molecular complexity index is 496. The van der Waals surface area contributed by atoms with Gasteiger partial charge in [-0.25, -0.2) is 9.37 Å². The van der Waals surface area contributed by atoms with Crippen molar-refractivity contribution in [3.8, 4) is 17.0 Å². The molecule has 0 saturated heterocycles. The minimum Gasteiger partial charge on any atom is -0.496 e. The molecule has 0 aliphatic heterocycles. The van der Waals surface area contributed by atoms with Crippen LogP contribution in [0.1, 0.15) is 5.82 Å². The SMILES string of the molecule is COc1ccc(F)cc1-c1cnc(CN)[nH]1. The van der Waals surface area contributed by atoms with Crippen molar-refractivity contribution in [2.24, 2.45) is 5.73 Å². The molecule has 0 spiro atoms. The van der Waals surface area contributed by atoms with E-state index in [1.54, 1.807) is 12.3 Å². The topological polar surface area (TPSA) is 63.9 Å². The highest BCUT2D eigenvalue weighted by Gasteiger charge is 2.09. The van der Waals surface area contributed by atoms with Crippen molar-refractivity contribution in [1.29, 1.82) is 0 Å². The van der Waals surface area contributed by atoms with E-state index in [0.717, 1.165) is 0 Å². The van der Waals surface area contributed by atoms with Gasteiger partial charge < -0.3 is 15.5 Å². The lowest BCUT2D eigenvalue weighted by Crippen LogP contribution is -1.98. The molecular weight excluding hydrogens is 209 g/mol. The molecule has 0 fully saturated rings. The third-order valence-electron chi connectivity index (χ3n) is 2.27. The molecule has 84 valence electrons. The molecule has 0 atom stereocenters. The summed E-state index contributed by atoms with van der Waals surface area (Å²) in [4.78, 5) is 7.06. The van der Waals surface area contributed by atoms with Gasteiger partial charge in [0.05, 0.1) is 25.5 Å². The van der Waals surface area contributed by atoms with Crippen LogP contribution in [-0.4, -0.2) is 17.1 Å². The molecule has 5 heteroatoms. The first-order chi connectivity index (χ1) is 7.74. The molecule has 0 radical (unpaired) electrons. The third-order valence-corrected chi connectivity index (χ3v) is 2.27. The summed E-state index contributed by atoms with van der Waals surface area (Å²) in [6.45, 7) is 0.317. The maximum absolute atomic E-state index is 13.1. The van der Waals surface area contributed by atoms with Crippen LogP contribution in [0.15, 0.2) is 24.4 Å². The highest BCUT2D eigenvalue weighted by atomic mass is 19.1. The summed E-state index contributed by atoms with van der Waals surface area (Å²) in [5, 5.41) is 0. The second-order valence-electron chi connectivity index (χ2n) is 3.29. The fourth-order valence-electron chi connectivity index (χ4n) is 1.49. The minimum atomic E-state index is -0.320. The molecule has 16 heavy (non-hydrogen) atoms. The van der Waals surface area contributed by atoms with E-state index in [1.165, 1.54) is 19.2 Å². The number of nitrogens with zero attached hydrogens (tertiary/aromatic N) is 1. The number of rotatable bonds is 3. The summed E-state index contributed by atoms with van der Waals surface area (Å²) in [5.74, 6) is 0.926. The first kappa shape index (κ1) is 10.6. The number of hydrogen-bond donors (Lipinski definition) is 2. The van der Waals surface area contributed by atoms with Crippen molar-refractivity contribution >= 4 is 0 Å². The second-order valence-corrected chi connectivity index (χ2v) is 3.29. The van der Waals surface area contributed by atoms with Crippen molar-refractivity contribution in [3.63, 3.8) is 0 Å². The number of nitrogens with two attached hydrogens (primary N) is 1. The van der Waals surface area contributed by atoms with E-state index < -0.39 is 0 Å². The Morgan fingerprint density at radius 1 is 1.50 bits per heavy atom. The Balaban J connectivity index is 2.49. The number of aromatic nitrogens is 2. The average molecular weight is 221 g/mol. The summed E-state index contributed by atoms with van der Waals surface area (Å²) in [6.07, 6.45) is 1.61. The maximum atomic E-state index is 13.1. The largest absolute Gasteiger partial charge is 0.496 e. The van der Waals surface area contributed by atoms with Crippen molar-refractivity contribution in [3.05, 3.63) is 36.0 Å². The highest BCUT2D eigenvalue weighted by molar-refractivity contribution is 5.66. The van der Waals surface area contributed by atoms with Gasteiger partial charge in [0, 0.05) is 5.56 Å². The van der Waals surface area contributed by atoms with E-state index in [4.69, 9.17) is 10.5 Å². The molecule has 0 saturated carbocycles. The Morgan fingerprint density at radius 3 is 2.94 bits per heavy atom. The molecule has 0 aliphatic carbocycles. The molecule has 1 aromatic carbocycles. The van der Waals surface area contributed by atoms with Gasteiger partial charge in [0.1, 0.15) is 17.4 Å². The summed E-state index contributed by atoms with van der Waals surface area (Å²) in [7, 11) is 1.54. The van der Waals surface area contributed by atoms with Crippen LogP contribution in [0.4, 0.5) is 4.39 Å². The van der Waals surface area contributed by atoms with Crippen LogP contribution >= 0.6 is 0 Å². The van der Waals surface area contributed by atoms with Gasteiger partial charge in [0.15, 0.2) is 0 Å². The Hall–Kier alpha value is -1.88. The normalized spacial score (nSPS) is 10.4. The van der Waals surface area contributed by atoms with Crippen LogP contribution in [0.3, 0.4) is 0 Å². The molecule has 2 aromatic rings. The molecule has 3 N–H and O–H groups in total. The first-order valence-electron chi connectivity index (χ1n) is 4.82. The van der Waals surface area contributed by atoms with Crippen LogP contribution in [0.2, 0.25) is 0 Å². The summed E-state index contributed by atoms with van der Waals surface area (Å²) >= 11 is 0. The van der Waals surface area contributed by atoms with E-state index >= 15 is 0 Å². The van der Waals surface area contributed by atoms with E-state index in [0.29, 0.717) is 29.4 Å². The Kier molecular flexibility index (Phi) is 2.87. The van der Waals surface area contributed by atoms with Gasteiger partial charge in [0.2, 0.25) is 0 Å². The molecular formula is C11H12FN3O. The Morgan fingerprint density at radius 2 is 2.31 bits per heavy atom. The average Bonchev–Trinajstić information content (AvgIpc) is 2.77. The predicted octanol–water partition coefficient (Wildman–Crippen LogP) is 1.68. The maximum Gasteiger partial charge on any atom is 0.128 e. The minimum absolute atomic E-state index is 0.317. The zero-order valence-electron chi connectivity index (χ0n) is 8.83. The predicted molar refractivity (Wildman–Crippen MR) is 58.4 cm³/mol. The van der Waals surface area contributed by atoms with Crippen LogP contribution in [0.25, 0.3) is 11.3 Å². The summed E-state index contributed by atoms with van der Waals surface area (Å²) < 4.78 is 18.3. The third kappa shape index (κ3) is 1.90. The van der Waals surface area contributed by atoms with Crippen molar-refractivity contribution in [1.82, 2.24) is 9.97 Å². The molecule has 0 bridgehead atoms.